The van der Waals surface area contributed by atoms with Gasteiger partial charge in [-0.15, -0.1) is 0 Å². The third-order valence-corrected chi connectivity index (χ3v) is 6.33. The number of halogens is 1. The summed E-state index contributed by atoms with van der Waals surface area (Å²) < 4.78 is 13.2. The highest BCUT2D eigenvalue weighted by atomic mass is 32.2. The molecule has 1 saturated carbocycles. The fraction of sp³-hybridized carbons (Fsp3) is 0.304. The molecule has 2 atom stereocenters. The number of nitrogens with zero attached hydrogens (tertiary/aromatic N) is 1. The van der Waals surface area contributed by atoms with Gasteiger partial charge in [0.25, 0.3) is 5.91 Å². The fourth-order valence-electron chi connectivity index (χ4n) is 3.79. The molecule has 3 nitrogen and oxygen atoms in total. The molecule has 0 spiro atoms. The van der Waals surface area contributed by atoms with Crippen molar-refractivity contribution in [1.82, 2.24) is 10.3 Å². The second-order valence-electron chi connectivity index (χ2n) is 7.42. The first-order chi connectivity index (χ1) is 13.6. The van der Waals surface area contributed by atoms with Gasteiger partial charge in [0.05, 0.1) is 11.1 Å². The first-order valence-corrected chi connectivity index (χ1v) is 10.6. The molecule has 0 aliphatic heterocycles. The number of hydrogen-bond acceptors (Lipinski definition) is 3. The van der Waals surface area contributed by atoms with E-state index in [1.807, 2.05) is 30.3 Å². The Bertz CT molecular complexity index is 990. The molecule has 0 unspecified atom stereocenters. The number of carbonyl (C=O) groups excluding carboxylic acids is 1. The summed E-state index contributed by atoms with van der Waals surface area (Å²) in [6, 6.07) is 16.1. The van der Waals surface area contributed by atoms with Crippen LogP contribution in [0, 0.1) is 11.7 Å². The number of rotatable bonds is 4. The quantitative estimate of drug-likeness (QED) is 0.605. The third kappa shape index (κ3) is 4.20. The van der Waals surface area contributed by atoms with E-state index in [-0.39, 0.29) is 17.8 Å². The van der Waals surface area contributed by atoms with Crippen LogP contribution in [0.2, 0.25) is 0 Å². The number of hydrogen-bond donors (Lipinski definition) is 1. The molecule has 1 aromatic heterocycles. The van der Waals surface area contributed by atoms with E-state index in [0.717, 1.165) is 40.1 Å². The number of benzene rings is 2. The van der Waals surface area contributed by atoms with Crippen LogP contribution < -0.4 is 5.32 Å². The summed E-state index contributed by atoms with van der Waals surface area (Å²) in [6.07, 6.45) is 4.60. The number of fused-ring (bicyclic) bond motifs is 1. The molecule has 28 heavy (non-hydrogen) atoms. The molecule has 0 radical (unpaired) electrons. The zero-order valence-electron chi connectivity index (χ0n) is 15.8. The van der Waals surface area contributed by atoms with Crippen LogP contribution in [0.3, 0.4) is 0 Å². The van der Waals surface area contributed by atoms with Gasteiger partial charge in [-0.05, 0) is 55.2 Å². The molecular formula is C23H23FN2OS. The lowest BCUT2D eigenvalue weighted by molar-refractivity contribution is 0.0911. The summed E-state index contributed by atoms with van der Waals surface area (Å²) in [5.41, 5.74) is 1.43. The minimum atomic E-state index is -0.266. The van der Waals surface area contributed by atoms with E-state index in [0.29, 0.717) is 11.5 Å². The Balaban J connectivity index is 1.65. The maximum Gasteiger partial charge on any atom is 0.252 e. The van der Waals surface area contributed by atoms with Crippen molar-refractivity contribution in [3.8, 4) is 0 Å². The smallest absolute Gasteiger partial charge is 0.252 e. The molecular weight excluding hydrogens is 371 g/mol. The lowest BCUT2D eigenvalue weighted by atomic mass is 9.86. The number of nitrogens with one attached hydrogen (secondary N) is 1. The van der Waals surface area contributed by atoms with E-state index in [1.54, 1.807) is 12.1 Å². The average Bonchev–Trinajstić information content (AvgIpc) is 2.71. The van der Waals surface area contributed by atoms with Crippen molar-refractivity contribution in [2.75, 3.05) is 0 Å². The van der Waals surface area contributed by atoms with Crippen molar-refractivity contribution in [2.45, 2.75) is 48.6 Å². The average molecular weight is 395 g/mol. The molecule has 1 N–H and O–H groups in total. The highest BCUT2D eigenvalue weighted by Crippen LogP contribution is 2.30. The standard InChI is InChI=1S/C23H23FN2OS/c1-15-6-2-4-8-20(15)26-23(27)19-14-22(25-21-9-5-3-7-18(19)21)28-17-12-10-16(24)11-13-17/h3,5,7,9-15,20H,2,4,6,8H2,1H3,(H,26,27)/t15-,20-/m1/s1. The second-order valence-corrected chi connectivity index (χ2v) is 8.52. The predicted molar refractivity (Wildman–Crippen MR) is 111 cm³/mol. The van der Waals surface area contributed by atoms with Crippen molar-refractivity contribution in [3.05, 3.63) is 66.0 Å². The maximum atomic E-state index is 13.2. The van der Waals surface area contributed by atoms with Crippen molar-refractivity contribution >= 4 is 28.6 Å². The van der Waals surface area contributed by atoms with Crippen LogP contribution in [0.4, 0.5) is 4.39 Å². The highest BCUT2D eigenvalue weighted by molar-refractivity contribution is 7.99. The van der Waals surface area contributed by atoms with Gasteiger partial charge in [-0.1, -0.05) is 49.7 Å². The van der Waals surface area contributed by atoms with Gasteiger partial charge in [0, 0.05) is 16.3 Å². The Morgan fingerprint density at radius 3 is 2.64 bits per heavy atom. The van der Waals surface area contributed by atoms with Gasteiger partial charge in [-0.25, -0.2) is 9.37 Å². The number of pyridine rings is 1. The first-order valence-electron chi connectivity index (χ1n) is 9.74. The van der Waals surface area contributed by atoms with Gasteiger partial charge < -0.3 is 5.32 Å². The molecule has 144 valence electrons. The zero-order chi connectivity index (χ0) is 19.5. The van der Waals surface area contributed by atoms with E-state index in [2.05, 4.69) is 17.2 Å². The fourth-order valence-corrected chi connectivity index (χ4v) is 4.63. The lowest BCUT2D eigenvalue weighted by Crippen LogP contribution is -2.41. The largest absolute Gasteiger partial charge is 0.349 e. The van der Waals surface area contributed by atoms with E-state index >= 15 is 0 Å². The number of amides is 1. The second kappa shape index (κ2) is 8.31. The van der Waals surface area contributed by atoms with Crippen LogP contribution >= 0.6 is 11.8 Å². The van der Waals surface area contributed by atoms with Crippen LogP contribution in [0.15, 0.2) is 64.5 Å². The maximum absolute atomic E-state index is 13.2. The van der Waals surface area contributed by atoms with E-state index in [4.69, 9.17) is 0 Å². The van der Waals surface area contributed by atoms with Gasteiger partial charge in [-0.2, -0.15) is 0 Å². The van der Waals surface area contributed by atoms with E-state index < -0.39 is 0 Å². The summed E-state index contributed by atoms with van der Waals surface area (Å²) in [6.45, 7) is 2.21. The van der Waals surface area contributed by atoms with E-state index in [9.17, 15) is 9.18 Å². The summed E-state index contributed by atoms with van der Waals surface area (Å²) in [5, 5.41) is 4.83. The van der Waals surface area contributed by atoms with Crippen LogP contribution in [0.5, 0.6) is 0 Å². The molecule has 1 aliphatic rings. The molecule has 3 aromatic rings. The van der Waals surface area contributed by atoms with Crippen molar-refractivity contribution in [1.29, 1.82) is 0 Å². The van der Waals surface area contributed by atoms with Crippen LogP contribution in [-0.2, 0) is 0 Å². The SMILES string of the molecule is C[C@@H]1CCCC[C@H]1NC(=O)c1cc(Sc2ccc(F)cc2)nc2ccccc12. The monoisotopic (exact) mass is 394 g/mol. The Labute approximate surface area is 168 Å². The van der Waals surface area contributed by atoms with Gasteiger partial charge in [0.1, 0.15) is 10.8 Å². The van der Waals surface area contributed by atoms with Crippen LogP contribution in [0.1, 0.15) is 43.0 Å². The van der Waals surface area contributed by atoms with Gasteiger partial charge in [0.2, 0.25) is 0 Å². The predicted octanol–water partition coefficient (Wildman–Crippen LogP) is 5.83. The molecule has 5 heteroatoms. The highest BCUT2D eigenvalue weighted by Gasteiger charge is 2.24. The number of para-hydroxylation sites is 1. The lowest BCUT2D eigenvalue weighted by Gasteiger charge is -2.29. The Morgan fingerprint density at radius 2 is 1.86 bits per heavy atom. The van der Waals surface area contributed by atoms with Crippen LogP contribution in [-0.4, -0.2) is 16.9 Å². The molecule has 0 saturated heterocycles. The summed E-state index contributed by atoms with van der Waals surface area (Å²) in [7, 11) is 0. The van der Waals surface area contributed by atoms with Crippen molar-refractivity contribution < 1.29 is 9.18 Å². The Hall–Kier alpha value is -2.40. The van der Waals surface area contributed by atoms with E-state index in [1.165, 1.54) is 30.3 Å². The van der Waals surface area contributed by atoms with Crippen LogP contribution in [0.25, 0.3) is 10.9 Å². The summed E-state index contributed by atoms with van der Waals surface area (Å²) >= 11 is 1.43. The van der Waals surface area contributed by atoms with Crippen molar-refractivity contribution in [3.63, 3.8) is 0 Å². The molecule has 1 fully saturated rings. The Morgan fingerprint density at radius 1 is 1.11 bits per heavy atom. The zero-order valence-corrected chi connectivity index (χ0v) is 16.6. The first kappa shape index (κ1) is 18.9. The minimum absolute atomic E-state index is 0.0432. The summed E-state index contributed by atoms with van der Waals surface area (Å²) in [4.78, 5) is 18.7. The molecule has 1 heterocycles. The van der Waals surface area contributed by atoms with Crippen molar-refractivity contribution in [2.24, 2.45) is 5.92 Å². The summed E-state index contributed by atoms with van der Waals surface area (Å²) in [5.74, 6) is 0.189. The third-order valence-electron chi connectivity index (χ3n) is 5.40. The molecule has 4 rings (SSSR count). The Kier molecular flexibility index (Phi) is 5.62. The molecule has 1 amide bonds. The molecule has 1 aliphatic carbocycles. The van der Waals surface area contributed by atoms with Gasteiger partial charge in [-0.3, -0.25) is 4.79 Å². The van der Waals surface area contributed by atoms with Gasteiger partial charge >= 0.3 is 0 Å². The molecule has 2 aromatic carbocycles. The normalized spacial score (nSPS) is 19.5. The van der Waals surface area contributed by atoms with Gasteiger partial charge in [0.15, 0.2) is 0 Å². The minimum Gasteiger partial charge on any atom is -0.349 e. The number of aromatic nitrogens is 1. The molecule has 0 bridgehead atoms. The topological polar surface area (TPSA) is 42.0 Å². The number of carbonyl (C=O) groups is 1.